The van der Waals surface area contributed by atoms with Crippen LogP contribution in [-0.4, -0.2) is 27.8 Å². The minimum atomic E-state index is -0.478. The van der Waals surface area contributed by atoms with Gasteiger partial charge in [-0.25, -0.2) is 4.79 Å². The highest BCUT2D eigenvalue weighted by Gasteiger charge is 2.17. The molecule has 0 fully saturated rings. The number of furan rings is 1. The standard InChI is InChI=1S/C13H18N4O3S/c1-3-5-17-10(7-14)15-16-13(17)21-8-9-4-6-20-11(9)12(18)19-2/h4,6H,3,5,7-8,14H2,1-2H3. The summed E-state index contributed by atoms with van der Waals surface area (Å²) in [5.74, 6) is 1.06. The highest BCUT2D eigenvalue weighted by molar-refractivity contribution is 7.98. The van der Waals surface area contributed by atoms with E-state index >= 15 is 0 Å². The second-order valence-electron chi connectivity index (χ2n) is 4.31. The third-order valence-corrected chi connectivity index (χ3v) is 3.91. The van der Waals surface area contributed by atoms with Gasteiger partial charge >= 0.3 is 5.97 Å². The molecule has 2 heterocycles. The molecule has 2 aromatic rings. The van der Waals surface area contributed by atoms with E-state index in [9.17, 15) is 4.79 Å². The van der Waals surface area contributed by atoms with Gasteiger partial charge in [-0.15, -0.1) is 10.2 Å². The fraction of sp³-hybridized carbons (Fsp3) is 0.462. The topological polar surface area (TPSA) is 96.2 Å². The van der Waals surface area contributed by atoms with Crippen LogP contribution in [0.3, 0.4) is 0 Å². The third kappa shape index (κ3) is 3.45. The highest BCUT2D eigenvalue weighted by atomic mass is 32.2. The summed E-state index contributed by atoms with van der Waals surface area (Å²) in [5, 5.41) is 9.01. The maximum atomic E-state index is 11.6. The summed E-state index contributed by atoms with van der Waals surface area (Å²) in [6.07, 6.45) is 2.45. The minimum absolute atomic E-state index is 0.227. The first-order valence-electron chi connectivity index (χ1n) is 6.60. The molecule has 0 radical (unpaired) electrons. The minimum Gasteiger partial charge on any atom is -0.463 e. The predicted molar refractivity (Wildman–Crippen MR) is 77.8 cm³/mol. The van der Waals surface area contributed by atoms with Crippen LogP contribution < -0.4 is 5.73 Å². The molecular formula is C13H18N4O3S. The Morgan fingerprint density at radius 1 is 1.52 bits per heavy atom. The number of carbonyl (C=O) groups excluding carboxylic acids is 1. The number of methoxy groups -OCH3 is 1. The molecule has 2 aromatic heterocycles. The van der Waals surface area contributed by atoms with Crippen LogP contribution in [0.2, 0.25) is 0 Å². The van der Waals surface area contributed by atoms with Crippen molar-refractivity contribution >= 4 is 17.7 Å². The van der Waals surface area contributed by atoms with Gasteiger partial charge in [-0.1, -0.05) is 18.7 Å². The first kappa shape index (κ1) is 15.6. The molecule has 0 aromatic carbocycles. The van der Waals surface area contributed by atoms with Crippen molar-refractivity contribution in [1.29, 1.82) is 0 Å². The summed E-state index contributed by atoms with van der Waals surface area (Å²) in [5.41, 5.74) is 6.43. The van der Waals surface area contributed by atoms with Crippen LogP contribution in [0.15, 0.2) is 21.9 Å². The lowest BCUT2D eigenvalue weighted by molar-refractivity contribution is 0.0564. The molecular weight excluding hydrogens is 292 g/mol. The molecule has 2 N–H and O–H groups in total. The Balaban J connectivity index is 2.12. The zero-order valence-electron chi connectivity index (χ0n) is 12.0. The summed E-state index contributed by atoms with van der Waals surface area (Å²) < 4.78 is 11.8. The molecule has 0 saturated carbocycles. The highest BCUT2D eigenvalue weighted by Crippen LogP contribution is 2.25. The molecule has 0 saturated heterocycles. The number of hydrogen-bond donors (Lipinski definition) is 1. The van der Waals surface area contributed by atoms with E-state index in [1.54, 1.807) is 6.07 Å². The lowest BCUT2D eigenvalue weighted by Crippen LogP contribution is -2.09. The Morgan fingerprint density at radius 3 is 3.00 bits per heavy atom. The zero-order chi connectivity index (χ0) is 15.2. The van der Waals surface area contributed by atoms with E-state index in [1.165, 1.54) is 25.1 Å². The molecule has 114 valence electrons. The fourth-order valence-corrected chi connectivity index (χ4v) is 2.85. The maximum absolute atomic E-state index is 11.6. The van der Waals surface area contributed by atoms with Crippen LogP contribution in [0.5, 0.6) is 0 Å². The molecule has 0 unspecified atom stereocenters. The molecule has 8 heteroatoms. The summed E-state index contributed by atoms with van der Waals surface area (Å²) >= 11 is 1.49. The Labute approximate surface area is 126 Å². The molecule has 0 aliphatic carbocycles. The number of aromatic nitrogens is 3. The quantitative estimate of drug-likeness (QED) is 0.615. The first-order chi connectivity index (χ1) is 10.2. The molecule has 0 amide bonds. The predicted octanol–water partition coefficient (Wildman–Crippen LogP) is 1.82. The fourth-order valence-electron chi connectivity index (χ4n) is 1.89. The molecule has 7 nitrogen and oxygen atoms in total. The SMILES string of the molecule is CCCn1c(CN)nnc1SCc1ccoc1C(=O)OC. The van der Waals surface area contributed by atoms with Gasteiger partial charge in [0.15, 0.2) is 5.16 Å². The molecule has 0 aliphatic heterocycles. The van der Waals surface area contributed by atoms with Crippen molar-refractivity contribution in [3.05, 3.63) is 29.5 Å². The largest absolute Gasteiger partial charge is 0.463 e. The van der Waals surface area contributed by atoms with Crippen molar-refractivity contribution < 1.29 is 13.9 Å². The third-order valence-electron chi connectivity index (χ3n) is 2.90. The van der Waals surface area contributed by atoms with Gasteiger partial charge < -0.3 is 19.5 Å². The van der Waals surface area contributed by atoms with Crippen molar-refractivity contribution in [3.8, 4) is 0 Å². The van der Waals surface area contributed by atoms with Crippen LogP contribution in [-0.2, 0) is 23.6 Å². The number of rotatable bonds is 7. The molecule has 21 heavy (non-hydrogen) atoms. The maximum Gasteiger partial charge on any atom is 0.374 e. The zero-order valence-corrected chi connectivity index (χ0v) is 12.9. The van der Waals surface area contributed by atoms with Gasteiger partial charge in [-0.05, 0) is 12.5 Å². The molecule has 0 aliphatic rings. The number of nitrogens with zero attached hydrogens (tertiary/aromatic N) is 3. The van der Waals surface area contributed by atoms with Gasteiger partial charge in [0, 0.05) is 17.9 Å². The summed E-state index contributed by atoms with van der Waals surface area (Å²) in [7, 11) is 1.33. The Morgan fingerprint density at radius 2 is 2.33 bits per heavy atom. The van der Waals surface area contributed by atoms with Gasteiger partial charge in [0.2, 0.25) is 5.76 Å². The van der Waals surface area contributed by atoms with Crippen LogP contribution in [0.4, 0.5) is 0 Å². The van der Waals surface area contributed by atoms with Crippen LogP contribution in [0.25, 0.3) is 0 Å². The van der Waals surface area contributed by atoms with E-state index in [0.29, 0.717) is 12.3 Å². The van der Waals surface area contributed by atoms with E-state index in [2.05, 4.69) is 21.9 Å². The van der Waals surface area contributed by atoms with Crippen molar-refractivity contribution in [1.82, 2.24) is 14.8 Å². The van der Waals surface area contributed by atoms with Crippen molar-refractivity contribution in [2.24, 2.45) is 5.73 Å². The van der Waals surface area contributed by atoms with Gasteiger partial charge in [-0.2, -0.15) is 0 Å². The van der Waals surface area contributed by atoms with Crippen molar-refractivity contribution in [2.75, 3.05) is 7.11 Å². The molecule has 0 bridgehead atoms. The van der Waals surface area contributed by atoms with E-state index in [4.69, 9.17) is 10.2 Å². The van der Waals surface area contributed by atoms with Crippen LogP contribution in [0.1, 0.15) is 35.3 Å². The first-order valence-corrected chi connectivity index (χ1v) is 7.59. The number of hydrogen-bond acceptors (Lipinski definition) is 7. The number of nitrogens with two attached hydrogens (primary N) is 1. The average Bonchev–Trinajstić information content (AvgIpc) is 3.11. The van der Waals surface area contributed by atoms with E-state index in [1.807, 2.05) is 4.57 Å². The van der Waals surface area contributed by atoms with Gasteiger partial charge in [0.1, 0.15) is 5.82 Å². The number of esters is 1. The van der Waals surface area contributed by atoms with Crippen molar-refractivity contribution in [3.63, 3.8) is 0 Å². The smallest absolute Gasteiger partial charge is 0.374 e. The van der Waals surface area contributed by atoms with Crippen molar-refractivity contribution in [2.45, 2.75) is 37.3 Å². The lowest BCUT2D eigenvalue weighted by Gasteiger charge is -2.07. The Bertz CT molecular complexity index is 608. The Hall–Kier alpha value is -1.80. The van der Waals surface area contributed by atoms with Gasteiger partial charge in [0.25, 0.3) is 0 Å². The van der Waals surface area contributed by atoms with Crippen LogP contribution >= 0.6 is 11.8 Å². The van der Waals surface area contributed by atoms with E-state index in [-0.39, 0.29) is 5.76 Å². The second-order valence-corrected chi connectivity index (χ2v) is 5.25. The molecule has 2 rings (SSSR count). The summed E-state index contributed by atoms with van der Waals surface area (Å²) in [4.78, 5) is 11.6. The number of ether oxygens (including phenoxy) is 1. The van der Waals surface area contributed by atoms with E-state index in [0.717, 1.165) is 29.5 Å². The second kappa shape index (κ2) is 7.28. The monoisotopic (exact) mass is 310 g/mol. The lowest BCUT2D eigenvalue weighted by atomic mass is 10.3. The van der Waals surface area contributed by atoms with Gasteiger partial charge in [-0.3, -0.25) is 0 Å². The number of carbonyl (C=O) groups is 1. The van der Waals surface area contributed by atoms with Gasteiger partial charge in [0.05, 0.1) is 19.9 Å². The Kier molecular flexibility index (Phi) is 5.40. The molecule has 0 spiro atoms. The average molecular weight is 310 g/mol. The number of thioether (sulfide) groups is 1. The normalized spacial score (nSPS) is 10.8. The van der Waals surface area contributed by atoms with Crippen LogP contribution in [0, 0.1) is 0 Å². The molecule has 0 atom stereocenters. The summed E-state index contributed by atoms with van der Waals surface area (Å²) in [6.45, 7) is 3.25. The summed E-state index contributed by atoms with van der Waals surface area (Å²) in [6, 6.07) is 1.75. The van der Waals surface area contributed by atoms with E-state index < -0.39 is 5.97 Å².